The number of methoxy groups -OCH3 is 1. The number of aromatic amines is 1. The van der Waals surface area contributed by atoms with Crippen LogP contribution in [0.1, 0.15) is 13.8 Å². The second-order valence-electron chi connectivity index (χ2n) is 13.6. The SMILES string of the molecule is COc1ccc2nc(NC(=O)N3CCN(c4ncccc4Cl)C[C@H]3C)[nH]c2c1.C[C@@H]1CN(c2ncccc2Cl)CCN1C(=O)Nc1nc2ccc(Cl)cc2n1C. The predicted octanol–water partition coefficient (Wildman–Crippen LogP) is 7.38. The lowest BCUT2D eigenvalue weighted by Crippen LogP contribution is -2.55. The van der Waals surface area contributed by atoms with Gasteiger partial charge in [0.15, 0.2) is 0 Å². The number of aryl methyl sites for hydroxylation is 1. The minimum absolute atomic E-state index is 0.00343. The monoisotopic (exact) mass is 818 g/mol. The van der Waals surface area contributed by atoms with Crippen LogP contribution < -0.4 is 25.2 Å². The third kappa shape index (κ3) is 8.34. The highest BCUT2D eigenvalue weighted by Crippen LogP contribution is 2.28. The summed E-state index contributed by atoms with van der Waals surface area (Å²) in [6.45, 7) is 7.77. The van der Waals surface area contributed by atoms with Gasteiger partial charge in [-0.2, -0.15) is 0 Å². The molecule has 3 N–H and O–H groups in total. The van der Waals surface area contributed by atoms with Gasteiger partial charge in [-0.3, -0.25) is 10.6 Å². The molecule has 4 aromatic heterocycles. The number of pyridine rings is 2. The number of ether oxygens (including phenoxy) is 1. The number of hydrogen-bond donors (Lipinski definition) is 3. The van der Waals surface area contributed by atoms with Crippen LogP contribution in [0.15, 0.2) is 73.1 Å². The van der Waals surface area contributed by atoms with Gasteiger partial charge in [-0.1, -0.05) is 34.8 Å². The molecule has 0 bridgehead atoms. The Hall–Kier alpha value is -5.51. The fourth-order valence-corrected chi connectivity index (χ4v) is 7.56. The molecule has 2 saturated heterocycles. The lowest BCUT2D eigenvalue weighted by Gasteiger charge is -2.40. The number of urea groups is 2. The van der Waals surface area contributed by atoms with Gasteiger partial charge in [-0.05, 0) is 68.4 Å². The summed E-state index contributed by atoms with van der Waals surface area (Å²) in [5.74, 6) is 3.14. The topological polar surface area (TPSA) is 153 Å². The van der Waals surface area contributed by atoms with Gasteiger partial charge < -0.3 is 33.9 Å². The molecule has 2 aromatic carbocycles. The van der Waals surface area contributed by atoms with Gasteiger partial charge >= 0.3 is 12.1 Å². The first kappa shape index (κ1) is 38.8. The maximum atomic E-state index is 12.9. The van der Waals surface area contributed by atoms with Crippen LogP contribution in [0.4, 0.5) is 33.1 Å². The summed E-state index contributed by atoms with van der Waals surface area (Å²) in [6.07, 6.45) is 3.45. The van der Waals surface area contributed by atoms with Gasteiger partial charge in [-0.25, -0.2) is 29.5 Å². The Balaban J connectivity index is 0.000000172. The van der Waals surface area contributed by atoms with Crippen molar-refractivity contribution in [1.29, 1.82) is 0 Å². The highest BCUT2D eigenvalue weighted by molar-refractivity contribution is 6.33. The smallest absolute Gasteiger partial charge is 0.324 e. The number of anilines is 4. The molecule has 0 spiro atoms. The Kier molecular flexibility index (Phi) is 11.6. The Morgan fingerprint density at radius 1 is 0.768 bits per heavy atom. The lowest BCUT2D eigenvalue weighted by molar-refractivity contribution is 0.183. The molecule has 292 valence electrons. The van der Waals surface area contributed by atoms with Gasteiger partial charge in [0, 0.05) is 81.9 Å². The van der Waals surface area contributed by atoms with E-state index in [9.17, 15) is 9.59 Å². The normalized spacial score (nSPS) is 17.1. The number of imidazole rings is 2. The number of carbonyl (C=O) groups is 2. The van der Waals surface area contributed by atoms with Crippen molar-refractivity contribution in [1.82, 2.24) is 39.3 Å². The predicted molar refractivity (Wildman–Crippen MR) is 222 cm³/mol. The second kappa shape index (κ2) is 16.7. The van der Waals surface area contributed by atoms with Gasteiger partial charge in [0.2, 0.25) is 11.9 Å². The van der Waals surface area contributed by atoms with Crippen LogP contribution in [0.3, 0.4) is 0 Å². The van der Waals surface area contributed by atoms with Crippen molar-refractivity contribution in [3.05, 3.63) is 88.1 Å². The van der Waals surface area contributed by atoms with E-state index in [-0.39, 0.29) is 24.1 Å². The van der Waals surface area contributed by atoms with E-state index in [1.54, 1.807) is 35.4 Å². The third-order valence-electron chi connectivity index (χ3n) is 9.83. The minimum Gasteiger partial charge on any atom is -0.497 e. The summed E-state index contributed by atoms with van der Waals surface area (Å²) in [7, 11) is 3.46. The fraction of sp³-hybridized carbons (Fsp3) is 0.316. The van der Waals surface area contributed by atoms with E-state index in [0.717, 1.165) is 39.5 Å². The molecule has 18 heteroatoms. The Labute approximate surface area is 338 Å². The second-order valence-corrected chi connectivity index (χ2v) is 14.8. The summed E-state index contributed by atoms with van der Waals surface area (Å²) < 4.78 is 7.04. The first-order valence-electron chi connectivity index (χ1n) is 18.0. The molecule has 0 aliphatic carbocycles. The maximum Gasteiger partial charge on any atom is 0.324 e. The molecule has 6 heterocycles. The van der Waals surface area contributed by atoms with Crippen molar-refractivity contribution < 1.29 is 14.3 Å². The van der Waals surface area contributed by atoms with Crippen molar-refractivity contribution in [2.75, 3.05) is 66.8 Å². The molecule has 2 fully saturated rings. The Morgan fingerprint density at radius 2 is 1.36 bits per heavy atom. The van der Waals surface area contributed by atoms with Crippen LogP contribution in [0.25, 0.3) is 22.1 Å². The average molecular weight is 820 g/mol. The molecular weight excluding hydrogens is 779 g/mol. The first-order chi connectivity index (χ1) is 27.0. The highest BCUT2D eigenvalue weighted by atomic mass is 35.5. The lowest BCUT2D eigenvalue weighted by atomic mass is 10.2. The molecule has 0 saturated carbocycles. The molecule has 0 unspecified atom stereocenters. The molecule has 2 atom stereocenters. The van der Waals surface area contributed by atoms with Crippen LogP contribution >= 0.6 is 34.8 Å². The third-order valence-corrected chi connectivity index (χ3v) is 10.7. The number of carbonyl (C=O) groups excluding carboxylic acids is 2. The van der Waals surface area contributed by atoms with E-state index in [2.05, 4.69) is 45.4 Å². The van der Waals surface area contributed by atoms with Crippen LogP contribution in [0.5, 0.6) is 5.75 Å². The maximum absolute atomic E-state index is 12.9. The number of aromatic nitrogens is 6. The van der Waals surface area contributed by atoms with E-state index >= 15 is 0 Å². The van der Waals surface area contributed by atoms with Gasteiger partial charge in [0.1, 0.15) is 17.4 Å². The number of nitrogens with one attached hydrogen (secondary N) is 3. The van der Waals surface area contributed by atoms with Crippen molar-refractivity contribution in [3.63, 3.8) is 0 Å². The molecule has 4 amide bonds. The highest BCUT2D eigenvalue weighted by Gasteiger charge is 2.31. The quantitative estimate of drug-likeness (QED) is 0.162. The van der Waals surface area contributed by atoms with Crippen LogP contribution in [0, 0.1) is 0 Å². The Bertz CT molecular complexity index is 2370. The summed E-state index contributed by atoms with van der Waals surface area (Å²) >= 11 is 18.6. The summed E-state index contributed by atoms with van der Waals surface area (Å²) in [5.41, 5.74) is 3.21. The average Bonchev–Trinajstić information content (AvgIpc) is 3.73. The Morgan fingerprint density at radius 3 is 1.93 bits per heavy atom. The zero-order valence-corrected chi connectivity index (χ0v) is 33.5. The number of hydrogen-bond acceptors (Lipinski definition) is 9. The number of piperazine rings is 2. The van der Waals surface area contributed by atoms with Crippen LogP contribution in [-0.4, -0.2) is 110 Å². The van der Waals surface area contributed by atoms with E-state index in [1.807, 2.05) is 80.1 Å². The zero-order valence-electron chi connectivity index (χ0n) is 31.2. The molecule has 0 radical (unpaired) electrons. The zero-order chi connectivity index (χ0) is 39.5. The van der Waals surface area contributed by atoms with E-state index in [4.69, 9.17) is 39.5 Å². The van der Waals surface area contributed by atoms with Crippen LogP contribution in [-0.2, 0) is 7.05 Å². The molecule has 56 heavy (non-hydrogen) atoms. The number of halogens is 3. The van der Waals surface area contributed by atoms with Crippen molar-refractivity contribution >= 4 is 92.5 Å². The number of benzene rings is 2. The number of fused-ring (bicyclic) bond motifs is 2. The number of H-pyrrole nitrogens is 1. The number of amides is 4. The molecule has 8 rings (SSSR count). The summed E-state index contributed by atoms with van der Waals surface area (Å²) in [4.78, 5) is 54.2. The van der Waals surface area contributed by atoms with Crippen molar-refractivity contribution in [3.8, 4) is 5.75 Å². The molecule has 15 nitrogen and oxygen atoms in total. The van der Waals surface area contributed by atoms with E-state index in [1.165, 1.54) is 0 Å². The molecule has 2 aliphatic heterocycles. The summed E-state index contributed by atoms with van der Waals surface area (Å²) in [6, 6.07) is 17.9. The van der Waals surface area contributed by atoms with Gasteiger partial charge in [-0.15, -0.1) is 0 Å². The first-order valence-corrected chi connectivity index (χ1v) is 19.1. The van der Waals surface area contributed by atoms with Gasteiger partial charge in [0.05, 0.1) is 39.2 Å². The summed E-state index contributed by atoms with van der Waals surface area (Å²) in [5, 5.41) is 7.64. The molecular formula is C38H41Cl3N12O3. The number of nitrogens with zero attached hydrogens (tertiary/aromatic N) is 9. The van der Waals surface area contributed by atoms with Crippen LogP contribution in [0.2, 0.25) is 15.1 Å². The van der Waals surface area contributed by atoms with E-state index < -0.39 is 0 Å². The minimum atomic E-state index is -0.190. The van der Waals surface area contributed by atoms with Gasteiger partial charge in [0.25, 0.3) is 0 Å². The largest absolute Gasteiger partial charge is 0.497 e. The van der Waals surface area contributed by atoms with Crippen molar-refractivity contribution in [2.45, 2.75) is 25.9 Å². The molecule has 6 aromatic rings. The number of rotatable bonds is 5. The standard InChI is InChI=1S/C19H20Cl2N6O.C19H21ClN6O2/c1-12-11-26(17-14(21)4-3-7-22-17)8-9-27(12)19(28)24-18-23-15-6-5-13(20)10-16(15)25(18)2;1-12-11-25(17-14(20)4-3-7-21-17)8-9-26(12)19(27)24-18-22-15-6-5-13(28-2)10-16(15)23-18/h3-7,10,12H,8-9,11H2,1-2H3,(H,23,24,28);3-7,10,12H,8-9,11H2,1-2H3,(H2,22,23,24,27)/t2*12-/m11/s1. The van der Waals surface area contributed by atoms with E-state index in [0.29, 0.717) is 66.2 Å². The molecule has 2 aliphatic rings. The van der Waals surface area contributed by atoms with Crippen molar-refractivity contribution in [2.24, 2.45) is 7.05 Å². The fourth-order valence-electron chi connectivity index (χ4n) is 6.91.